The Morgan fingerprint density at radius 2 is 1.56 bits per heavy atom. The zero-order valence-electron chi connectivity index (χ0n) is 22.2. The molecule has 2 aromatic carbocycles. The number of carbonyl (C=O) groups excluding carboxylic acids is 3. The van der Waals surface area contributed by atoms with Crippen LogP contribution in [-0.4, -0.2) is 70.5 Å². The number of nitrogens with one attached hydrogen (secondary N) is 1. The summed E-state index contributed by atoms with van der Waals surface area (Å²) in [6.07, 6.45) is 5.24. The molecule has 0 aliphatic carbocycles. The zero-order chi connectivity index (χ0) is 28.0. The molecule has 3 aromatic rings. The molecule has 10 heteroatoms. The number of carbonyl (C=O) groups is 3. The van der Waals surface area contributed by atoms with E-state index in [0.29, 0.717) is 32.4 Å². The van der Waals surface area contributed by atoms with Crippen LogP contribution >= 0.6 is 0 Å². The van der Waals surface area contributed by atoms with Gasteiger partial charge in [-0.2, -0.15) is 5.10 Å². The number of nitrogens with two attached hydrogens (primary N) is 3. The van der Waals surface area contributed by atoms with Crippen molar-refractivity contribution in [1.82, 2.24) is 20.0 Å². The minimum Gasteiger partial charge on any atom is -0.345 e. The summed E-state index contributed by atoms with van der Waals surface area (Å²) < 4.78 is 1.77. The van der Waals surface area contributed by atoms with Crippen molar-refractivity contribution in [2.45, 2.75) is 44.2 Å². The number of rotatable bonds is 16. The largest absolute Gasteiger partial charge is 0.345 e. The van der Waals surface area contributed by atoms with E-state index in [9.17, 15) is 14.4 Å². The number of hydrogen-bond donors (Lipinski definition) is 4. The van der Waals surface area contributed by atoms with Crippen LogP contribution in [0, 0.1) is 0 Å². The Morgan fingerprint density at radius 3 is 2.18 bits per heavy atom. The maximum atomic E-state index is 13.3. The smallest absolute Gasteiger partial charge is 0.238 e. The van der Waals surface area contributed by atoms with E-state index in [2.05, 4.69) is 10.4 Å². The molecular weight excluding hydrogens is 494 g/mol. The highest BCUT2D eigenvalue weighted by Crippen LogP contribution is 2.13. The van der Waals surface area contributed by atoms with Crippen LogP contribution in [0.1, 0.15) is 30.4 Å². The molecular formula is C29H39N7O3. The Kier molecular flexibility index (Phi) is 11.8. The summed E-state index contributed by atoms with van der Waals surface area (Å²) in [6, 6.07) is 17.7. The summed E-state index contributed by atoms with van der Waals surface area (Å²) in [4.78, 5) is 40.3. The van der Waals surface area contributed by atoms with Gasteiger partial charge in [0.15, 0.2) is 5.78 Å². The number of Topliss-reactive ketones (excluding diaryl/α,β-unsaturated/α-hetero) is 1. The van der Waals surface area contributed by atoms with Gasteiger partial charge >= 0.3 is 0 Å². The zero-order valence-corrected chi connectivity index (χ0v) is 22.2. The van der Waals surface area contributed by atoms with Gasteiger partial charge in [0.25, 0.3) is 0 Å². The molecule has 0 fully saturated rings. The Bertz CT molecular complexity index is 1160. The molecule has 1 heterocycles. The lowest BCUT2D eigenvalue weighted by Crippen LogP contribution is -2.51. The maximum Gasteiger partial charge on any atom is 0.238 e. The summed E-state index contributed by atoms with van der Waals surface area (Å²) in [6.45, 7) is 1.25. The summed E-state index contributed by atoms with van der Waals surface area (Å²) >= 11 is 0. The number of benzene rings is 2. The Hall–Kier alpha value is -3.86. The molecule has 208 valence electrons. The van der Waals surface area contributed by atoms with Crippen molar-refractivity contribution >= 4 is 17.6 Å². The molecule has 0 bridgehead atoms. The monoisotopic (exact) mass is 533 g/mol. The summed E-state index contributed by atoms with van der Waals surface area (Å²) in [5, 5.41) is 7.04. The van der Waals surface area contributed by atoms with Crippen LogP contribution in [-0.2, 0) is 27.2 Å². The second kappa shape index (κ2) is 15.5. The highest BCUT2D eigenvalue weighted by Gasteiger charge is 2.26. The second-order valence-corrected chi connectivity index (χ2v) is 9.44. The minimum atomic E-state index is -1.09. The van der Waals surface area contributed by atoms with Crippen LogP contribution in [0.3, 0.4) is 0 Å². The van der Waals surface area contributed by atoms with E-state index in [1.54, 1.807) is 10.9 Å². The predicted molar refractivity (Wildman–Crippen MR) is 151 cm³/mol. The highest BCUT2D eigenvalue weighted by atomic mass is 16.2. The van der Waals surface area contributed by atoms with Crippen molar-refractivity contribution in [1.29, 1.82) is 0 Å². The quantitative estimate of drug-likeness (QED) is 0.213. The lowest BCUT2D eigenvalue weighted by molar-refractivity contribution is -0.135. The average Bonchev–Trinajstić information content (AvgIpc) is 3.49. The molecule has 0 aliphatic rings. The van der Waals surface area contributed by atoms with Crippen LogP contribution in [0.4, 0.5) is 0 Å². The number of amides is 2. The number of nitrogens with zero attached hydrogens (tertiary/aromatic N) is 3. The van der Waals surface area contributed by atoms with Gasteiger partial charge in [0.2, 0.25) is 11.8 Å². The van der Waals surface area contributed by atoms with Crippen molar-refractivity contribution in [2.24, 2.45) is 17.2 Å². The lowest BCUT2D eigenvalue weighted by atomic mass is 9.97. The Labute approximate surface area is 229 Å². The summed E-state index contributed by atoms with van der Waals surface area (Å²) in [7, 11) is 0. The van der Waals surface area contributed by atoms with Crippen LogP contribution < -0.4 is 22.5 Å². The van der Waals surface area contributed by atoms with Crippen molar-refractivity contribution in [3.8, 4) is 5.69 Å². The second-order valence-electron chi connectivity index (χ2n) is 9.44. The number of ketones is 1. The number of hydrogen-bond acceptors (Lipinski definition) is 7. The maximum absolute atomic E-state index is 13.3. The van der Waals surface area contributed by atoms with E-state index in [-0.39, 0.29) is 37.6 Å². The van der Waals surface area contributed by atoms with Gasteiger partial charge in [0.05, 0.1) is 24.2 Å². The molecule has 0 radical (unpaired) electrons. The topological polar surface area (TPSA) is 162 Å². The molecule has 0 aliphatic heterocycles. The standard InChI is InChI=1S/C29H39N7O3/c30-15-19-35(20-16-31)28(38)21-25(32)29(39)34-26(13-9-22-5-2-1-3-6-22)27(37)14-10-23-7-11-24(12-8-23)36-18-4-17-33-36/h1-8,11-12,17-18,25-26H,9-10,13-16,19-21,30-32H2,(H,34,39)/t25-,26-/m0/s1. The van der Waals surface area contributed by atoms with Crippen molar-refractivity contribution < 1.29 is 14.4 Å². The SMILES string of the molecule is NCCN(CCN)C(=O)C[C@H](N)C(=O)N[C@@H](CCc1ccccc1)C(=O)CCc1ccc(-n2cccn2)cc1. The Morgan fingerprint density at radius 1 is 0.897 bits per heavy atom. The third kappa shape index (κ3) is 9.43. The van der Waals surface area contributed by atoms with Crippen molar-refractivity contribution in [3.05, 3.63) is 84.2 Å². The molecule has 0 saturated heterocycles. The van der Waals surface area contributed by atoms with E-state index in [0.717, 1.165) is 16.8 Å². The van der Waals surface area contributed by atoms with Gasteiger partial charge in [-0.15, -0.1) is 0 Å². The van der Waals surface area contributed by atoms with Crippen LogP contribution in [0.15, 0.2) is 73.1 Å². The van der Waals surface area contributed by atoms with Gasteiger partial charge in [0.1, 0.15) is 0 Å². The molecule has 3 rings (SSSR count). The normalized spacial score (nSPS) is 12.5. The minimum absolute atomic E-state index is 0.0816. The third-order valence-electron chi connectivity index (χ3n) is 6.52. The predicted octanol–water partition coefficient (Wildman–Crippen LogP) is 0.955. The van der Waals surface area contributed by atoms with Crippen molar-refractivity contribution in [2.75, 3.05) is 26.2 Å². The number of aromatic nitrogens is 2. The first-order valence-corrected chi connectivity index (χ1v) is 13.3. The molecule has 39 heavy (non-hydrogen) atoms. The van der Waals surface area contributed by atoms with Gasteiger partial charge in [-0.25, -0.2) is 4.68 Å². The fraction of sp³-hybridized carbons (Fsp3) is 0.379. The van der Waals surface area contributed by atoms with Crippen molar-refractivity contribution in [3.63, 3.8) is 0 Å². The van der Waals surface area contributed by atoms with E-state index < -0.39 is 18.0 Å². The first kappa shape index (κ1) is 29.7. The van der Waals surface area contributed by atoms with Gasteiger partial charge in [0, 0.05) is 45.0 Å². The van der Waals surface area contributed by atoms with Crippen LogP contribution in [0.5, 0.6) is 0 Å². The van der Waals surface area contributed by atoms with Crippen LogP contribution in [0.25, 0.3) is 5.69 Å². The first-order chi connectivity index (χ1) is 18.9. The van der Waals surface area contributed by atoms with E-state index in [1.165, 1.54) is 4.90 Å². The van der Waals surface area contributed by atoms with E-state index in [4.69, 9.17) is 17.2 Å². The molecule has 0 saturated carbocycles. The molecule has 2 atom stereocenters. The summed E-state index contributed by atoms with van der Waals surface area (Å²) in [5.74, 6) is -0.903. The molecule has 7 N–H and O–H groups in total. The highest BCUT2D eigenvalue weighted by molar-refractivity contribution is 5.93. The first-order valence-electron chi connectivity index (χ1n) is 13.3. The van der Waals surface area contributed by atoms with Gasteiger partial charge in [-0.05, 0) is 48.6 Å². The van der Waals surface area contributed by atoms with Crippen LogP contribution in [0.2, 0.25) is 0 Å². The molecule has 2 amide bonds. The third-order valence-corrected chi connectivity index (χ3v) is 6.52. The fourth-order valence-corrected chi connectivity index (χ4v) is 4.31. The fourth-order valence-electron chi connectivity index (χ4n) is 4.31. The van der Waals surface area contributed by atoms with Gasteiger partial charge in [-0.1, -0.05) is 42.5 Å². The molecule has 1 aromatic heterocycles. The molecule has 0 unspecified atom stereocenters. The van der Waals surface area contributed by atoms with Gasteiger partial charge < -0.3 is 27.4 Å². The Balaban J connectivity index is 1.61. The van der Waals surface area contributed by atoms with E-state index >= 15 is 0 Å². The molecule has 0 spiro atoms. The average molecular weight is 534 g/mol. The molecule has 10 nitrogen and oxygen atoms in total. The summed E-state index contributed by atoms with van der Waals surface area (Å²) in [5.41, 5.74) is 20.3. The van der Waals surface area contributed by atoms with Gasteiger partial charge in [-0.3, -0.25) is 14.4 Å². The van der Waals surface area contributed by atoms with E-state index in [1.807, 2.05) is 66.9 Å². The number of aryl methyl sites for hydroxylation is 2. The lowest BCUT2D eigenvalue weighted by Gasteiger charge is -2.24.